The number of rotatable bonds is 8. The minimum atomic E-state index is 0.0536. The summed E-state index contributed by atoms with van der Waals surface area (Å²) < 4.78 is 7.58. The monoisotopic (exact) mass is 453 g/mol. The van der Waals surface area contributed by atoms with Gasteiger partial charge in [-0.05, 0) is 60.4 Å². The van der Waals surface area contributed by atoms with Crippen molar-refractivity contribution in [3.8, 4) is 5.75 Å². The second-order valence-corrected chi connectivity index (χ2v) is 9.07. The van der Waals surface area contributed by atoms with Crippen molar-refractivity contribution >= 4 is 22.6 Å². The summed E-state index contributed by atoms with van der Waals surface area (Å²) in [4.78, 5) is 20.0. The van der Waals surface area contributed by atoms with Crippen LogP contribution in [0.1, 0.15) is 49.1 Å². The molecule has 1 aliphatic heterocycles. The highest BCUT2D eigenvalue weighted by atomic mass is 16.5. The van der Waals surface area contributed by atoms with Crippen molar-refractivity contribution in [1.29, 1.82) is 0 Å². The lowest BCUT2D eigenvalue weighted by Crippen LogP contribution is -2.24. The van der Waals surface area contributed by atoms with Gasteiger partial charge in [0, 0.05) is 31.1 Å². The number of carbonyl (C=O) groups excluding carboxylic acids is 1. The number of methoxy groups -OCH3 is 1. The molecule has 34 heavy (non-hydrogen) atoms. The number of para-hydroxylation sites is 2. The van der Waals surface area contributed by atoms with Crippen LogP contribution in [0.3, 0.4) is 0 Å². The predicted octanol–water partition coefficient (Wildman–Crippen LogP) is 5.96. The molecule has 5 rings (SSSR count). The number of aromatic nitrogens is 2. The topological polar surface area (TPSA) is 47.4 Å². The molecule has 0 saturated carbocycles. The van der Waals surface area contributed by atoms with Gasteiger partial charge in [-0.15, -0.1) is 0 Å². The molecule has 1 fully saturated rings. The zero-order chi connectivity index (χ0) is 23.5. The van der Waals surface area contributed by atoms with Crippen LogP contribution < -0.4 is 9.64 Å². The largest absolute Gasteiger partial charge is 0.497 e. The van der Waals surface area contributed by atoms with Crippen molar-refractivity contribution in [3.05, 3.63) is 89.7 Å². The second kappa shape index (κ2) is 9.72. The average Bonchev–Trinajstić information content (AvgIpc) is 3.44. The van der Waals surface area contributed by atoms with Crippen molar-refractivity contribution in [2.45, 2.75) is 45.1 Å². The number of benzene rings is 3. The zero-order valence-corrected chi connectivity index (χ0v) is 19.9. The lowest BCUT2D eigenvalue weighted by molar-refractivity contribution is -0.117. The van der Waals surface area contributed by atoms with E-state index in [1.165, 1.54) is 24.0 Å². The summed E-state index contributed by atoms with van der Waals surface area (Å²) in [7, 11) is 1.68. The van der Waals surface area contributed by atoms with Crippen molar-refractivity contribution in [3.63, 3.8) is 0 Å². The van der Waals surface area contributed by atoms with Crippen LogP contribution in [0.4, 0.5) is 5.69 Å². The Morgan fingerprint density at radius 3 is 2.44 bits per heavy atom. The zero-order valence-electron chi connectivity index (χ0n) is 19.9. The number of aryl methyl sites for hydroxylation is 1. The summed E-state index contributed by atoms with van der Waals surface area (Å²) in [6.45, 7) is 3.56. The SMILES string of the molecule is CCCCc1ccc(N2CC(c3nc4ccccc4n3Cc3ccc(OC)cc3)CC2=O)cc1. The van der Waals surface area contributed by atoms with E-state index in [-0.39, 0.29) is 11.8 Å². The van der Waals surface area contributed by atoms with Crippen molar-refractivity contribution in [1.82, 2.24) is 9.55 Å². The van der Waals surface area contributed by atoms with Crippen LogP contribution in [0, 0.1) is 0 Å². The highest BCUT2D eigenvalue weighted by Crippen LogP contribution is 2.34. The van der Waals surface area contributed by atoms with Gasteiger partial charge in [0.25, 0.3) is 0 Å². The molecular formula is C29H31N3O2. The first-order valence-electron chi connectivity index (χ1n) is 12.1. The van der Waals surface area contributed by atoms with Gasteiger partial charge < -0.3 is 14.2 Å². The number of carbonyl (C=O) groups is 1. The van der Waals surface area contributed by atoms with E-state index in [4.69, 9.17) is 9.72 Å². The minimum Gasteiger partial charge on any atom is -0.497 e. The maximum absolute atomic E-state index is 13.0. The summed E-state index contributed by atoms with van der Waals surface area (Å²) in [6, 6.07) is 24.9. The molecule has 1 atom stereocenters. The summed E-state index contributed by atoms with van der Waals surface area (Å²) in [5, 5.41) is 0. The highest BCUT2D eigenvalue weighted by Gasteiger charge is 2.34. The lowest BCUT2D eigenvalue weighted by atomic mass is 10.1. The van der Waals surface area contributed by atoms with E-state index < -0.39 is 0 Å². The lowest BCUT2D eigenvalue weighted by Gasteiger charge is -2.18. The average molecular weight is 454 g/mol. The Morgan fingerprint density at radius 1 is 0.971 bits per heavy atom. The number of amides is 1. The number of fused-ring (bicyclic) bond motifs is 1. The first-order valence-corrected chi connectivity index (χ1v) is 12.1. The third kappa shape index (κ3) is 4.43. The molecule has 0 bridgehead atoms. The molecule has 1 saturated heterocycles. The third-order valence-electron chi connectivity index (χ3n) is 6.74. The van der Waals surface area contributed by atoms with Gasteiger partial charge in [-0.3, -0.25) is 4.79 Å². The molecule has 0 N–H and O–H groups in total. The summed E-state index contributed by atoms with van der Waals surface area (Å²) in [5.41, 5.74) is 5.55. The summed E-state index contributed by atoms with van der Waals surface area (Å²) in [5.74, 6) is 2.04. The molecule has 3 aromatic carbocycles. The summed E-state index contributed by atoms with van der Waals surface area (Å²) >= 11 is 0. The molecule has 0 spiro atoms. The van der Waals surface area contributed by atoms with E-state index in [9.17, 15) is 4.79 Å². The van der Waals surface area contributed by atoms with Gasteiger partial charge >= 0.3 is 0 Å². The summed E-state index contributed by atoms with van der Waals surface area (Å²) in [6.07, 6.45) is 3.94. The maximum Gasteiger partial charge on any atom is 0.227 e. The fourth-order valence-electron chi connectivity index (χ4n) is 4.84. The van der Waals surface area contributed by atoms with E-state index in [0.717, 1.165) is 34.7 Å². The van der Waals surface area contributed by atoms with Crippen LogP contribution in [0.5, 0.6) is 5.75 Å². The molecule has 0 aliphatic carbocycles. The van der Waals surface area contributed by atoms with E-state index in [2.05, 4.69) is 54.0 Å². The highest BCUT2D eigenvalue weighted by molar-refractivity contribution is 5.96. The Bertz CT molecular complexity index is 1280. The van der Waals surface area contributed by atoms with Crippen LogP contribution in [0.2, 0.25) is 0 Å². The Kier molecular flexibility index (Phi) is 6.35. The molecule has 1 amide bonds. The molecule has 5 nitrogen and oxygen atoms in total. The Labute approximate surface area is 201 Å². The molecule has 1 aromatic heterocycles. The van der Waals surface area contributed by atoms with Gasteiger partial charge in [0.2, 0.25) is 5.91 Å². The van der Waals surface area contributed by atoms with E-state index in [0.29, 0.717) is 19.5 Å². The molecule has 1 aliphatic rings. The van der Waals surface area contributed by atoms with Gasteiger partial charge in [-0.25, -0.2) is 4.98 Å². The molecule has 174 valence electrons. The quantitative estimate of drug-likeness (QED) is 0.331. The van der Waals surface area contributed by atoms with Gasteiger partial charge in [0.15, 0.2) is 0 Å². The molecule has 2 heterocycles. The Morgan fingerprint density at radius 2 is 1.71 bits per heavy atom. The maximum atomic E-state index is 13.0. The molecule has 1 unspecified atom stereocenters. The van der Waals surface area contributed by atoms with Crippen molar-refractivity contribution in [2.24, 2.45) is 0 Å². The van der Waals surface area contributed by atoms with Crippen molar-refractivity contribution in [2.75, 3.05) is 18.6 Å². The number of imidazole rings is 1. The molecular weight excluding hydrogens is 422 g/mol. The number of nitrogens with zero attached hydrogens (tertiary/aromatic N) is 3. The number of anilines is 1. The molecule has 0 radical (unpaired) electrons. The number of ether oxygens (including phenoxy) is 1. The normalized spacial score (nSPS) is 15.9. The number of hydrogen-bond donors (Lipinski definition) is 0. The Balaban J connectivity index is 1.42. The van der Waals surface area contributed by atoms with E-state index >= 15 is 0 Å². The smallest absolute Gasteiger partial charge is 0.227 e. The predicted molar refractivity (Wildman–Crippen MR) is 137 cm³/mol. The van der Waals surface area contributed by atoms with Crippen LogP contribution in [-0.2, 0) is 17.8 Å². The van der Waals surface area contributed by atoms with E-state index in [1.54, 1.807) is 7.11 Å². The van der Waals surface area contributed by atoms with Crippen molar-refractivity contribution < 1.29 is 9.53 Å². The van der Waals surface area contributed by atoms with Crippen LogP contribution >= 0.6 is 0 Å². The van der Waals surface area contributed by atoms with Gasteiger partial charge in [0.1, 0.15) is 11.6 Å². The van der Waals surface area contributed by atoms with Gasteiger partial charge in [-0.2, -0.15) is 0 Å². The molecule has 4 aromatic rings. The van der Waals surface area contributed by atoms with Crippen LogP contribution in [-0.4, -0.2) is 29.1 Å². The second-order valence-electron chi connectivity index (χ2n) is 9.07. The first kappa shape index (κ1) is 22.2. The third-order valence-corrected chi connectivity index (χ3v) is 6.74. The standard InChI is InChI=1S/C29H31N3O2/c1-3-4-7-21-10-14-24(15-11-21)31-20-23(18-28(31)33)29-30-26-8-5-6-9-27(26)32(29)19-22-12-16-25(34-2)17-13-22/h5-6,8-17,23H,3-4,7,18-20H2,1-2H3. The fourth-order valence-corrected chi connectivity index (χ4v) is 4.84. The van der Waals surface area contributed by atoms with Crippen LogP contribution in [0.25, 0.3) is 11.0 Å². The van der Waals surface area contributed by atoms with E-state index in [1.807, 2.05) is 35.2 Å². The fraction of sp³-hybridized carbons (Fsp3) is 0.310. The minimum absolute atomic E-state index is 0.0536. The number of hydrogen-bond acceptors (Lipinski definition) is 3. The Hall–Kier alpha value is -3.60. The number of unbranched alkanes of at least 4 members (excludes halogenated alkanes) is 1. The first-order chi connectivity index (χ1) is 16.7. The van der Waals surface area contributed by atoms with Gasteiger partial charge in [0.05, 0.1) is 18.1 Å². The van der Waals surface area contributed by atoms with Gasteiger partial charge in [-0.1, -0.05) is 49.7 Å². The van der Waals surface area contributed by atoms with Crippen LogP contribution in [0.15, 0.2) is 72.8 Å². The molecule has 5 heteroatoms.